The van der Waals surface area contributed by atoms with E-state index in [-0.39, 0.29) is 5.75 Å². The Labute approximate surface area is 107 Å². The molecule has 0 fully saturated rings. The zero-order valence-corrected chi connectivity index (χ0v) is 10.8. The van der Waals surface area contributed by atoms with Gasteiger partial charge in [0.2, 0.25) is 0 Å². The number of halogens is 2. The molecule has 2 N–H and O–H groups in total. The SMILES string of the molecule is Cc1cccc(Oc2cc(Br)ccc2F)c1N. The number of nitrogens with two attached hydrogens (primary N) is 1. The van der Waals surface area contributed by atoms with Crippen molar-refractivity contribution >= 4 is 21.6 Å². The van der Waals surface area contributed by atoms with Crippen LogP contribution in [0.25, 0.3) is 0 Å². The van der Waals surface area contributed by atoms with Crippen LogP contribution in [-0.4, -0.2) is 0 Å². The average Bonchev–Trinajstić information content (AvgIpc) is 2.30. The summed E-state index contributed by atoms with van der Waals surface area (Å²) in [5.74, 6) is 0.188. The molecule has 0 aliphatic carbocycles. The maximum Gasteiger partial charge on any atom is 0.165 e. The molecule has 0 aliphatic heterocycles. The van der Waals surface area contributed by atoms with E-state index >= 15 is 0 Å². The third-order valence-electron chi connectivity index (χ3n) is 2.40. The zero-order valence-electron chi connectivity index (χ0n) is 9.21. The molecule has 88 valence electrons. The van der Waals surface area contributed by atoms with Crippen molar-refractivity contribution in [2.75, 3.05) is 5.73 Å². The topological polar surface area (TPSA) is 35.2 Å². The van der Waals surface area contributed by atoms with Gasteiger partial charge in [0.25, 0.3) is 0 Å². The molecule has 2 aromatic rings. The summed E-state index contributed by atoms with van der Waals surface area (Å²) >= 11 is 3.26. The van der Waals surface area contributed by atoms with Gasteiger partial charge < -0.3 is 10.5 Å². The van der Waals surface area contributed by atoms with Gasteiger partial charge in [-0.1, -0.05) is 28.1 Å². The molecule has 0 aromatic heterocycles. The summed E-state index contributed by atoms with van der Waals surface area (Å²) in [6.45, 7) is 1.87. The van der Waals surface area contributed by atoms with Crippen LogP contribution in [0, 0.1) is 12.7 Å². The Morgan fingerprint density at radius 3 is 2.71 bits per heavy atom. The molecule has 17 heavy (non-hydrogen) atoms. The first-order chi connectivity index (χ1) is 8.08. The molecule has 0 radical (unpaired) electrons. The van der Waals surface area contributed by atoms with Crippen LogP contribution in [0.3, 0.4) is 0 Å². The largest absolute Gasteiger partial charge is 0.452 e. The second kappa shape index (κ2) is 4.75. The van der Waals surface area contributed by atoms with Crippen LogP contribution in [-0.2, 0) is 0 Å². The summed E-state index contributed by atoms with van der Waals surface area (Å²) in [4.78, 5) is 0. The number of anilines is 1. The summed E-state index contributed by atoms with van der Waals surface area (Å²) in [5, 5.41) is 0. The average molecular weight is 296 g/mol. The van der Waals surface area contributed by atoms with Gasteiger partial charge in [0.15, 0.2) is 17.3 Å². The minimum Gasteiger partial charge on any atom is -0.452 e. The number of hydrogen-bond acceptors (Lipinski definition) is 2. The van der Waals surface area contributed by atoms with Crippen molar-refractivity contribution in [1.82, 2.24) is 0 Å². The molecule has 0 bridgehead atoms. The van der Waals surface area contributed by atoms with E-state index in [0.29, 0.717) is 11.4 Å². The normalized spacial score (nSPS) is 10.3. The van der Waals surface area contributed by atoms with E-state index in [1.54, 1.807) is 18.2 Å². The van der Waals surface area contributed by atoms with Gasteiger partial charge in [0.05, 0.1) is 5.69 Å². The lowest BCUT2D eigenvalue weighted by Gasteiger charge is -2.10. The van der Waals surface area contributed by atoms with Gasteiger partial charge in [0, 0.05) is 4.47 Å². The fourth-order valence-electron chi connectivity index (χ4n) is 1.42. The number of nitrogen functional groups attached to an aromatic ring is 1. The van der Waals surface area contributed by atoms with Crippen molar-refractivity contribution in [2.45, 2.75) is 6.92 Å². The van der Waals surface area contributed by atoms with Crippen LogP contribution in [0.15, 0.2) is 40.9 Å². The van der Waals surface area contributed by atoms with Gasteiger partial charge in [-0.2, -0.15) is 0 Å². The lowest BCUT2D eigenvalue weighted by Crippen LogP contribution is -1.95. The second-order valence-corrected chi connectivity index (χ2v) is 4.58. The molecule has 4 heteroatoms. The number of aryl methyl sites for hydroxylation is 1. The van der Waals surface area contributed by atoms with Gasteiger partial charge in [0.1, 0.15) is 0 Å². The molecule has 0 saturated carbocycles. The zero-order chi connectivity index (χ0) is 12.4. The summed E-state index contributed by atoms with van der Waals surface area (Å²) in [6, 6.07) is 9.92. The van der Waals surface area contributed by atoms with Gasteiger partial charge in [-0.15, -0.1) is 0 Å². The van der Waals surface area contributed by atoms with Crippen LogP contribution >= 0.6 is 15.9 Å². The highest BCUT2D eigenvalue weighted by Gasteiger charge is 2.08. The van der Waals surface area contributed by atoms with Crippen molar-refractivity contribution in [3.63, 3.8) is 0 Å². The smallest absolute Gasteiger partial charge is 0.165 e. The van der Waals surface area contributed by atoms with Crippen LogP contribution in [0.1, 0.15) is 5.56 Å². The van der Waals surface area contributed by atoms with Crippen LogP contribution < -0.4 is 10.5 Å². The Bertz CT molecular complexity index is 557. The molecule has 2 aromatic carbocycles. The second-order valence-electron chi connectivity index (χ2n) is 3.66. The molecule has 2 rings (SSSR count). The van der Waals surface area contributed by atoms with Crippen LogP contribution in [0.5, 0.6) is 11.5 Å². The Morgan fingerprint density at radius 1 is 1.18 bits per heavy atom. The van der Waals surface area contributed by atoms with Gasteiger partial charge in [-0.3, -0.25) is 0 Å². The third-order valence-corrected chi connectivity index (χ3v) is 2.89. The third kappa shape index (κ3) is 2.58. The van der Waals surface area contributed by atoms with E-state index in [0.717, 1.165) is 10.0 Å². The lowest BCUT2D eigenvalue weighted by atomic mass is 10.2. The summed E-state index contributed by atoms with van der Waals surface area (Å²) in [7, 11) is 0. The van der Waals surface area contributed by atoms with E-state index in [4.69, 9.17) is 10.5 Å². The minimum absolute atomic E-state index is 0.150. The van der Waals surface area contributed by atoms with Crippen LogP contribution in [0.4, 0.5) is 10.1 Å². The molecule has 0 atom stereocenters. The first-order valence-corrected chi connectivity index (χ1v) is 5.85. The minimum atomic E-state index is -0.422. The standard InChI is InChI=1S/C13H11BrFNO/c1-8-3-2-4-11(13(8)16)17-12-7-9(14)5-6-10(12)15/h2-7H,16H2,1H3. The Morgan fingerprint density at radius 2 is 1.94 bits per heavy atom. The molecule has 0 heterocycles. The van der Waals surface area contributed by atoms with Crippen LogP contribution in [0.2, 0.25) is 0 Å². The van der Waals surface area contributed by atoms with Crippen molar-refractivity contribution < 1.29 is 9.13 Å². The molecule has 0 saturated heterocycles. The van der Waals surface area contributed by atoms with E-state index in [9.17, 15) is 4.39 Å². The Balaban J connectivity index is 2.38. The highest BCUT2D eigenvalue weighted by Crippen LogP contribution is 2.32. The molecular formula is C13H11BrFNO. The Hall–Kier alpha value is -1.55. The number of hydrogen-bond donors (Lipinski definition) is 1. The first-order valence-electron chi connectivity index (χ1n) is 5.06. The summed E-state index contributed by atoms with van der Waals surface area (Å²) < 4.78 is 19.7. The maximum atomic E-state index is 13.5. The molecule has 0 unspecified atom stereocenters. The maximum absolute atomic E-state index is 13.5. The van der Waals surface area contributed by atoms with Gasteiger partial charge in [-0.25, -0.2) is 4.39 Å². The fourth-order valence-corrected chi connectivity index (χ4v) is 1.76. The number of rotatable bonds is 2. The lowest BCUT2D eigenvalue weighted by molar-refractivity contribution is 0.443. The quantitative estimate of drug-likeness (QED) is 0.840. The predicted octanol–water partition coefficient (Wildman–Crippen LogP) is 4.27. The highest BCUT2D eigenvalue weighted by atomic mass is 79.9. The summed E-state index contributed by atoms with van der Waals surface area (Å²) in [6.07, 6.45) is 0. The number of para-hydroxylation sites is 1. The van der Waals surface area contributed by atoms with E-state index in [1.807, 2.05) is 19.1 Å². The van der Waals surface area contributed by atoms with Crippen molar-refractivity contribution in [1.29, 1.82) is 0 Å². The van der Waals surface area contributed by atoms with Crippen molar-refractivity contribution in [3.05, 3.63) is 52.3 Å². The summed E-state index contributed by atoms with van der Waals surface area (Å²) in [5.41, 5.74) is 7.28. The fraction of sp³-hybridized carbons (Fsp3) is 0.0769. The highest BCUT2D eigenvalue weighted by molar-refractivity contribution is 9.10. The predicted molar refractivity (Wildman–Crippen MR) is 69.8 cm³/mol. The van der Waals surface area contributed by atoms with Gasteiger partial charge >= 0.3 is 0 Å². The molecule has 0 spiro atoms. The van der Waals surface area contributed by atoms with Crippen molar-refractivity contribution in [2.24, 2.45) is 0 Å². The molecular weight excluding hydrogens is 285 g/mol. The van der Waals surface area contributed by atoms with E-state index in [1.165, 1.54) is 6.07 Å². The molecule has 2 nitrogen and oxygen atoms in total. The monoisotopic (exact) mass is 295 g/mol. The first kappa shape index (κ1) is 11.9. The number of benzene rings is 2. The Kier molecular flexibility index (Phi) is 3.33. The molecule has 0 amide bonds. The van der Waals surface area contributed by atoms with E-state index in [2.05, 4.69) is 15.9 Å². The number of ether oxygens (including phenoxy) is 1. The van der Waals surface area contributed by atoms with E-state index < -0.39 is 5.82 Å². The van der Waals surface area contributed by atoms with Crippen molar-refractivity contribution in [3.8, 4) is 11.5 Å². The van der Waals surface area contributed by atoms with Gasteiger partial charge in [-0.05, 0) is 36.8 Å². The molecule has 0 aliphatic rings.